The molecule has 1 amide bonds. The summed E-state index contributed by atoms with van der Waals surface area (Å²) in [7, 11) is 0. The molecule has 0 aromatic heterocycles. The Hall–Kier alpha value is -0.220. The smallest absolute Gasteiger partial charge is 0.223 e. The van der Waals surface area contributed by atoms with Gasteiger partial charge in [-0.2, -0.15) is 11.8 Å². The normalized spacial score (nSPS) is 20.5. The summed E-state index contributed by atoms with van der Waals surface area (Å²) in [6, 6.07) is 0.444. The first kappa shape index (κ1) is 12.8. The van der Waals surface area contributed by atoms with Gasteiger partial charge in [-0.1, -0.05) is 6.92 Å². The van der Waals surface area contributed by atoms with Gasteiger partial charge < -0.3 is 10.2 Å². The fourth-order valence-electron chi connectivity index (χ4n) is 1.99. The van der Waals surface area contributed by atoms with Gasteiger partial charge in [0.1, 0.15) is 0 Å². The van der Waals surface area contributed by atoms with E-state index in [1.54, 1.807) is 11.8 Å². The van der Waals surface area contributed by atoms with Crippen LogP contribution >= 0.6 is 11.8 Å². The van der Waals surface area contributed by atoms with E-state index in [-0.39, 0.29) is 0 Å². The Balaban J connectivity index is 2.43. The Kier molecular flexibility index (Phi) is 6.10. The Morgan fingerprint density at radius 1 is 1.60 bits per heavy atom. The van der Waals surface area contributed by atoms with E-state index in [1.165, 1.54) is 0 Å². The Bertz CT molecular complexity index is 193. The minimum Gasteiger partial charge on any atom is -0.338 e. The standard InChI is InChI=1S/C11H22N2OS/c1-3-7-13(10-4-6-12-9-10)11(14)5-8-15-2/h10,12H,3-9H2,1-2H3. The maximum absolute atomic E-state index is 12.0. The summed E-state index contributed by atoms with van der Waals surface area (Å²) in [6.07, 6.45) is 4.92. The molecule has 1 heterocycles. The Labute approximate surface area is 97.0 Å². The minimum absolute atomic E-state index is 0.333. The number of hydrogen-bond acceptors (Lipinski definition) is 3. The molecule has 1 atom stereocenters. The molecule has 0 aromatic carbocycles. The summed E-state index contributed by atoms with van der Waals surface area (Å²) in [6.45, 7) is 5.09. The average molecular weight is 230 g/mol. The van der Waals surface area contributed by atoms with Crippen LogP contribution in [0.5, 0.6) is 0 Å². The zero-order valence-corrected chi connectivity index (χ0v) is 10.6. The summed E-state index contributed by atoms with van der Waals surface area (Å²) < 4.78 is 0. The molecule has 1 unspecified atom stereocenters. The van der Waals surface area contributed by atoms with Crippen LogP contribution in [-0.2, 0) is 4.79 Å². The van der Waals surface area contributed by atoms with Crippen LogP contribution in [0.1, 0.15) is 26.2 Å². The molecule has 1 N–H and O–H groups in total. The molecular weight excluding hydrogens is 208 g/mol. The topological polar surface area (TPSA) is 32.3 Å². The molecule has 1 saturated heterocycles. The molecule has 1 aliphatic heterocycles. The third kappa shape index (κ3) is 4.03. The summed E-state index contributed by atoms with van der Waals surface area (Å²) in [5.74, 6) is 1.28. The van der Waals surface area contributed by atoms with Crippen molar-refractivity contribution in [1.82, 2.24) is 10.2 Å². The first-order valence-corrected chi connectivity index (χ1v) is 7.18. The lowest BCUT2D eigenvalue weighted by Gasteiger charge is -2.28. The largest absolute Gasteiger partial charge is 0.338 e. The Morgan fingerprint density at radius 3 is 2.93 bits per heavy atom. The number of rotatable bonds is 6. The zero-order chi connectivity index (χ0) is 11.1. The second-order valence-corrected chi connectivity index (χ2v) is 4.96. The molecule has 4 heteroatoms. The molecule has 0 saturated carbocycles. The number of carbonyl (C=O) groups is 1. The van der Waals surface area contributed by atoms with Crippen LogP contribution in [-0.4, -0.2) is 48.5 Å². The SMILES string of the molecule is CCCN(C(=O)CCSC)C1CCNC1. The van der Waals surface area contributed by atoms with Crippen LogP contribution in [0.3, 0.4) is 0 Å². The maximum atomic E-state index is 12.0. The minimum atomic E-state index is 0.333. The van der Waals surface area contributed by atoms with Gasteiger partial charge in [-0.25, -0.2) is 0 Å². The molecule has 15 heavy (non-hydrogen) atoms. The van der Waals surface area contributed by atoms with E-state index in [0.717, 1.165) is 38.2 Å². The van der Waals surface area contributed by atoms with E-state index >= 15 is 0 Å². The molecule has 0 aliphatic carbocycles. The van der Waals surface area contributed by atoms with Gasteiger partial charge >= 0.3 is 0 Å². The van der Waals surface area contributed by atoms with E-state index in [4.69, 9.17) is 0 Å². The van der Waals surface area contributed by atoms with E-state index in [2.05, 4.69) is 23.4 Å². The van der Waals surface area contributed by atoms with Crippen LogP contribution < -0.4 is 5.32 Å². The van der Waals surface area contributed by atoms with E-state index in [0.29, 0.717) is 18.4 Å². The van der Waals surface area contributed by atoms with Crippen molar-refractivity contribution >= 4 is 17.7 Å². The van der Waals surface area contributed by atoms with Gasteiger partial charge in [0.25, 0.3) is 0 Å². The molecule has 1 fully saturated rings. The van der Waals surface area contributed by atoms with Gasteiger partial charge in [-0.05, 0) is 25.6 Å². The summed E-state index contributed by atoms with van der Waals surface area (Å²) in [4.78, 5) is 14.0. The van der Waals surface area contributed by atoms with Gasteiger partial charge in [0, 0.05) is 31.3 Å². The van der Waals surface area contributed by atoms with Crippen molar-refractivity contribution in [2.45, 2.75) is 32.2 Å². The Morgan fingerprint density at radius 2 is 2.40 bits per heavy atom. The first-order chi connectivity index (χ1) is 7.29. The first-order valence-electron chi connectivity index (χ1n) is 5.78. The fraction of sp³-hybridized carbons (Fsp3) is 0.909. The third-order valence-electron chi connectivity index (χ3n) is 2.78. The predicted molar refractivity (Wildman–Crippen MR) is 66.3 cm³/mol. The molecular formula is C11H22N2OS. The van der Waals surface area contributed by atoms with Crippen molar-refractivity contribution in [2.24, 2.45) is 0 Å². The summed E-state index contributed by atoms with van der Waals surface area (Å²) >= 11 is 1.74. The van der Waals surface area contributed by atoms with Crippen LogP contribution in [0, 0.1) is 0 Å². The molecule has 0 radical (unpaired) electrons. The van der Waals surface area contributed by atoms with Crippen molar-refractivity contribution in [3.63, 3.8) is 0 Å². The molecule has 0 bridgehead atoms. The predicted octanol–water partition coefficient (Wildman–Crippen LogP) is 1.34. The van der Waals surface area contributed by atoms with Crippen molar-refractivity contribution < 1.29 is 4.79 Å². The molecule has 0 aromatic rings. The second kappa shape index (κ2) is 7.12. The van der Waals surface area contributed by atoms with Crippen LogP contribution in [0.25, 0.3) is 0 Å². The summed E-state index contributed by atoms with van der Waals surface area (Å²) in [5, 5.41) is 3.32. The van der Waals surface area contributed by atoms with Gasteiger partial charge in [-0.3, -0.25) is 4.79 Å². The summed E-state index contributed by atoms with van der Waals surface area (Å²) in [5.41, 5.74) is 0. The molecule has 1 rings (SSSR count). The van der Waals surface area contributed by atoms with Gasteiger partial charge in [0.05, 0.1) is 0 Å². The highest BCUT2D eigenvalue weighted by molar-refractivity contribution is 7.98. The van der Waals surface area contributed by atoms with Crippen LogP contribution in [0.2, 0.25) is 0 Å². The van der Waals surface area contributed by atoms with Crippen molar-refractivity contribution in [2.75, 3.05) is 31.6 Å². The van der Waals surface area contributed by atoms with Crippen LogP contribution in [0.15, 0.2) is 0 Å². The number of carbonyl (C=O) groups excluding carboxylic acids is 1. The molecule has 1 aliphatic rings. The highest BCUT2D eigenvalue weighted by Gasteiger charge is 2.24. The monoisotopic (exact) mass is 230 g/mol. The average Bonchev–Trinajstić information content (AvgIpc) is 2.75. The van der Waals surface area contributed by atoms with E-state index in [9.17, 15) is 4.79 Å². The maximum Gasteiger partial charge on any atom is 0.223 e. The van der Waals surface area contributed by atoms with Crippen molar-refractivity contribution in [3.05, 3.63) is 0 Å². The number of nitrogens with zero attached hydrogens (tertiary/aromatic N) is 1. The lowest BCUT2D eigenvalue weighted by Crippen LogP contribution is -2.42. The molecule has 0 spiro atoms. The lowest BCUT2D eigenvalue weighted by atomic mass is 10.2. The second-order valence-electron chi connectivity index (χ2n) is 3.98. The van der Waals surface area contributed by atoms with Crippen LogP contribution in [0.4, 0.5) is 0 Å². The van der Waals surface area contributed by atoms with Gasteiger partial charge in [0.15, 0.2) is 0 Å². The quantitative estimate of drug-likeness (QED) is 0.747. The number of nitrogens with one attached hydrogen (secondary N) is 1. The number of amides is 1. The zero-order valence-electron chi connectivity index (χ0n) is 9.79. The van der Waals surface area contributed by atoms with Gasteiger partial charge in [0.2, 0.25) is 5.91 Å². The number of thioether (sulfide) groups is 1. The molecule has 3 nitrogen and oxygen atoms in total. The highest BCUT2D eigenvalue weighted by Crippen LogP contribution is 2.12. The van der Waals surface area contributed by atoms with Crippen molar-refractivity contribution in [1.29, 1.82) is 0 Å². The third-order valence-corrected chi connectivity index (χ3v) is 3.39. The fourth-order valence-corrected chi connectivity index (χ4v) is 2.37. The van der Waals surface area contributed by atoms with Gasteiger partial charge in [-0.15, -0.1) is 0 Å². The van der Waals surface area contributed by atoms with E-state index < -0.39 is 0 Å². The van der Waals surface area contributed by atoms with E-state index in [1.807, 2.05) is 0 Å². The molecule has 88 valence electrons. The lowest BCUT2D eigenvalue weighted by molar-refractivity contribution is -0.132. The number of hydrogen-bond donors (Lipinski definition) is 1. The van der Waals surface area contributed by atoms with Crippen molar-refractivity contribution in [3.8, 4) is 0 Å². The highest BCUT2D eigenvalue weighted by atomic mass is 32.2.